The van der Waals surface area contributed by atoms with E-state index in [4.69, 9.17) is 5.11 Å². The van der Waals surface area contributed by atoms with Crippen molar-refractivity contribution in [3.8, 4) is 0 Å². The Morgan fingerprint density at radius 2 is 1.50 bits per heavy atom. The Morgan fingerprint density at radius 3 is 2.14 bits per heavy atom. The standard InChI is InChI=1S/C13H24O/c1-2-3-4-5-6-7-8-9-10-11-12-13-14/h8-11,14H,2-7,12-13H2,1H3. The molecule has 0 bridgehead atoms. The van der Waals surface area contributed by atoms with Crippen LogP contribution in [0.2, 0.25) is 0 Å². The van der Waals surface area contributed by atoms with Gasteiger partial charge >= 0.3 is 0 Å². The van der Waals surface area contributed by atoms with Gasteiger partial charge in [0.25, 0.3) is 0 Å². The Bertz CT molecular complexity index is 147. The summed E-state index contributed by atoms with van der Waals surface area (Å²) in [7, 11) is 0. The number of unbranched alkanes of at least 4 members (excludes halogenated alkanes) is 5. The third kappa shape index (κ3) is 11.4. The van der Waals surface area contributed by atoms with E-state index in [9.17, 15) is 0 Å². The molecule has 0 spiro atoms. The zero-order valence-corrected chi connectivity index (χ0v) is 9.41. The van der Waals surface area contributed by atoms with Crippen LogP contribution in [-0.4, -0.2) is 11.7 Å². The Morgan fingerprint density at radius 1 is 0.857 bits per heavy atom. The molecule has 0 amide bonds. The summed E-state index contributed by atoms with van der Waals surface area (Å²) in [6, 6.07) is 0. The predicted molar refractivity (Wildman–Crippen MR) is 63.4 cm³/mol. The molecule has 0 aliphatic rings. The average Bonchev–Trinajstić information content (AvgIpc) is 2.21. The summed E-state index contributed by atoms with van der Waals surface area (Å²) in [4.78, 5) is 0. The maximum Gasteiger partial charge on any atom is 0.0465 e. The van der Waals surface area contributed by atoms with Gasteiger partial charge in [-0.15, -0.1) is 0 Å². The first kappa shape index (κ1) is 13.4. The van der Waals surface area contributed by atoms with Gasteiger partial charge in [-0.05, 0) is 19.3 Å². The second-order valence-electron chi connectivity index (χ2n) is 3.57. The lowest BCUT2D eigenvalue weighted by Crippen LogP contribution is -1.76. The molecule has 0 aliphatic carbocycles. The van der Waals surface area contributed by atoms with Crippen LogP contribution in [0.15, 0.2) is 24.3 Å². The quantitative estimate of drug-likeness (QED) is 0.439. The monoisotopic (exact) mass is 196 g/mol. The molecule has 1 heteroatoms. The van der Waals surface area contributed by atoms with E-state index in [1.54, 1.807) is 0 Å². The molecule has 0 atom stereocenters. The minimum atomic E-state index is 0.251. The average molecular weight is 196 g/mol. The SMILES string of the molecule is CCCCCCCC=CC=CCCO. The predicted octanol–water partition coefficient (Wildman–Crippen LogP) is 3.84. The summed E-state index contributed by atoms with van der Waals surface area (Å²) in [6.07, 6.45) is 17.0. The van der Waals surface area contributed by atoms with E-state index in [1.165, 1.54) is 38.5 Å². The van der Waals surface area contributed by atoms with Gasteiger partial charge in [-0.3, -0.25) is 0 Å². The number of aliphatic hydroxyl groups is 1. The van der Waals surface area contributed by atoms with Gasteiger partial charge in [0, 0.05) is 6.61 Å². The maximum absolute atomic E-state index is 8.51. The van der Waals surface area contributed by atoms with Crippen LogP contribution in [0.5, 0.6) is 0 Å². The molecular formula is C13H24O. The van der Waals surface area contributed by atoms with Gasteiger partial charge in [0.15, 0.2) is 0 Å². The molecule has 0 aromatic heterocycles. The lowest BCUT2D eigenvalue weighted by molar-refractivity contribution is 0.302. The third-order valence-corrected chi connectivity index (χ3v) is 2.15. The molecule has 0 aromatic rings. The molecule has 1 nitrogen and oxygen atoms in total. The van der Waals surface area contributed by atoms with Crippen LogP contribution in [0.1, 0.15) is 51.9 Å². The molecular weight excluding hydrogens is 172 g/mol. The summed E-state index contributed by atoms with van der Waals surface area (Å²) < 4.78 is 0. The Labute approximate surface area is 88.5 Å². The van der Waals surface area contributed by atoms with E-state index in [0.717, 1.165) is 6.42 Å². The number of hydrogen-bond acceptors (Lipinski definition) is 1. The summed E-state index contributed by atoms with van der Waals surface area (Å²) in [5.74, 6) is 0. The highest BCUT2D eigenvalue weighted by Crippen LogP contribution is 2.05. The Balaban J connectivity index is 3.10. The highest BCUT2D eigenvalue weighted by atomic mass is 16.2. The minimum absolute atomic E-state index is 0.251. The fraction of sp³-hybridized carbons (Fsp3) is 0.692. The molecule has 0 radical (unpaired) electrons. The largest absolute Gasteiger partial charge is 0.396 e. The number of hydrogen-bond donors (Lipinski definition) is 1. The normalized spacial score (nSPS) is 11.9. The van der Waals surface area contributed by atoms with Crippen molar-refractivity contribution in [2.75, 3.05) is 6.61 Å². The zero-order chi connectivity index (χ0) is 10.5. The van der Waals surface area contributed by atoms with Gasteiger partial charge in [0.1, 0.15) is 0 Å². The summed E-state index contributed by atoms with van der Waals surface area (Å²) in [6.45, 7) is 2.49. The molecule has 82 valence electrons. The number of allylic oxidation sites excluding steroid dienone is 3. The van der Waals surface area contributed by atoms with E-state index in [0.29, 0.717) is 0 Å². The van der Waals surface area contributed by atoms with Crippen LogP contribution in [0.3, 0.4) is 0 Å². The van der Waals surface area contributed by atoms with Gasteiger partial charge < -0.3 is 5.11 Å². The summed E-state index contributed by atoms with van der Waals surface area (Å²) in [5, 5.41) is 8.51. The smallest absolute Gasteiger partial charge is 0.0465 e. The number of aliphatic hydroxyl groups excluding tert-OH is 1. The van der Waals surface area contributed by atoms with Crippen molar-refractivity contribution in [1.82, 2.24) is 0 Å². The van der Waals surface area contributed by atoms with E-state index in [2.05, 4.69) is 19.1 Å². The molecule has 0 fully saturated rings. The van der Waals surface area contributed by atoms with E-state index >= 15 is 0 Å². The van der Waals surface area contributed by atoms with Crippen LogP contribution < -0.4 is 0 Å². The topological polar surface area (TPSA) is 20.2 Å². The van der Waals surface area contributed by atoms with Crippen molar-refractivity contribution in [3.05, 3.63) is 24.3 Å². The Kier molecular flexibility index (Phi) is 11.9. The van der Waals surface area contributed by atoms with Crippen LogP contribution in [0.25, 0.3) is 0 Å². The molecule has 0 rings (SSSR count). The summed E-state index contributed by atoms with van der Waals surface area (Å²) in [5.41, 5.74) is 0. The minimum Gasteiger partial charge on any atom is -0.396 e. The first-order valence-corrected chi connectivity index (χ1v) is 5.84. The van der Waals surface area contributed by atoms with Crippen LogP contribution in [0, 0.1) is 0 Å². The fourth-order valence-electron chi connectivity index (χ4n) is 1.29. The molecule has 0 saturated carbocycles. The molecule has 14 heavy (non-hydrogen) atoms. The van der Waals surface area contributed by atoms with Gasteiger partial charge in [-0.1, -0.05) is 56.9 Å². The Hall–Kier alpha value is -0.560. The molecule has 0 heterocycles. The zero-order valence-electron chi connectivity index (χ0n) is 9.41. The summed E-state index contributed by atoms with van der Waals surface area (Å²) >= 11 is 0. The highest BCUT2D eigenvalue weighted by molar-refractivity contribution is 5.02. The lowest BCUT2D eigenvalue weighted by atomic mass is 10.1. The molecule has 0 saturated heterocycles. The van der Waals surface area contributed by atoms with Crippen molar-refractivity contribution < 1.29 is 5.11 Å². The fourth-order valence-corrected chi connectivity index (χ4v) is 1.29. The number of rotatable bonds is 9. The first-order valence-electron chi connectivity index (χ1n) is 5.84. The molecule has 0 unspecified atom stereocenters. The van der Waals surface area contributed by atoms with Gasteiger partial charge in [0.05, 0.1) is 0 Å². The van der Waals surface area contributed by atoms with E-state index in [1.807, 2.05) is 12.2 Å². The highest BCUT2D eigenvalue weighted by Gasteiger charge is 1.85. The van der Waals surface area contributed by atoms with Crippen molar-refractivity contribution in [1.29, 1.82) is 0 Å². The van der Waals surface area contributed by atoms with Gasteiger partial charge in [0.2, 0.25) is 0 Å². The van der Waals surface area contributed by atoms with E-state index in [-0.39, 0.29) is 6.61 Å². The van der Waals surface area contributed by atoms with Gasteiger partial charge in [-0.25, -0.2) is 0 Å². The van der Waals surface area contributed by atoms with Crippen molar-refractivity contribution in [2.45, 2.75) is 51.9 Å². The second kappa shape index (κ2) is 12.4. The second-order valence-corrected chi connectivity index (χ2v) is 3.57. The first-order chi connectivity index (χ1) is 6.91. The van der Waals surface area contributed by atoms with E-state index < -0.39 is 0 Å². The molecule has 1 N–H and O–H groups in total. The maximum atomic E-state index is 8.51. The van der Waals surface area contributed by atoms with Crippen LogP contribution in [0.4, 0.5) is 0 Å². The van der Waals surface area contributed by atoms with Gasteiger partial charge in [-0.2, -0.15) is 0 Å². The van der Waals surface area contributed by atoms with Crippen LogP contribution in [-0.2, 0) is 0 Å². The third-order valence-electron chi connectivity index (χ3n) is 2.15. The van der Waals surface area contributed by atoms with Crippen molar-refractivity contribution in [3.63, 3.8) is 0 Å². The molecule has 0 aromatic carbocycles. The van der Waals surface area contributed by atoms with Crippen molar-refractivity contribution >= 4 is 0 Å². The molecule has 0 aliphatic heterocycles. The lowest BCUT2D eigenvalue weighted by Gasteiger charge is -1.95. The van der Waals surface area contributed by atoms with Crippen LogP contribution >= 0.6 is 0 Å². The van der Waals surface area contributed by atoms with Crippen molar-refractivity contribution in [2.24, 2.45) is 0 Å².